The molecule has 0 radical (unpaired) electrons. The van der Waals surface area contributed by atoms with Gasteiger partial charge in [-0.1, -0.05) is 29.8 Å². The summed E-state index contributed by atoms with van der Waals surface area (Å²) in [5.41, 5.74) is 1.61. The maximum atomic E-state index is 14.0. The first-order valence-corrected chi connectivity index (χ1v) is 11.3. The van der Waals surface area contributed by atoms with Gasteiger partial charge in [0.1, 0.15) is 11.6 Å². The van der Waals surface area contributed by atoms with E-state index in [2.05, 4.69) is 5.32 Å². The summed E-state index contributed by atoms with van der Waals surface area (Å²) >= 11 is 6.01. The maximum absolute atomic E-state index is 14.0. The minimum atomic E-state index is -0.635. The predicted molar refractivity (Wildman–Crippen MR) is 129 cm³/mol. The van der Waals surface area contributed by atoms with Crippen LogP contribution in [0.15, 0.2) is 60.7 Å². The van der Waals surface area contributed by atoms with Gasteiger partial charge in [-0.3, -0.25) is 14.4 Å². The summed E-state index contributed by atoms with van der Waals surface area (Å²) in [6.45, 7) is 2.96. The molecule has 1 aliphatic rings. The van der Waals surface area contributed by atoms with Crippen LogP contribution in [-0.2, 0) is 0 Å². The molecule has 0 atom stereocenters. The van der Waals surface area contributed by atoms with Gasteiger partial charge in [0.05, 0.1) is 16.1 Å². The summed E-state index contributed by atoms with van der Waals surface area (Å²) in [6, 6.07) is 14.2. The van der Waals surface area contributed by atoms with Gasteiger partial charge in [0.25, 0.3) is 17.7 Å². The lowest BCUT2D eigenvalue weighted by atomic mass is 10.1. The lowest BCUT2D eigenvalue weighted by Crippen LogP contribution is -2.50. The second-order valence-electron chi connectivity index (χ2n) is 8.17. The van der Waals surface area contributed by atoms with Gasteiger partial charge < -0.3 is 15.1 Å². The van der Waals surface area contributed by atoms with E-state index in [9.17, 15) is 23.2 Å². The Hall–Kier alpha value is -3.78. The molecule has 180 valence electrons. The molecule has 9 heteroatoms. The van der Waals surface area contributed by atoms with E-state index >= 15 is 0 Å². The van der Waals surface area contributed by atoms with Crippen molar-refractivity contribution in [3.05, 3.63) is 99.6 Å². The van der Waals surface area contributed by atoms with E-state index in [1.54, 1.807) is 41.0 Å². The molecule has 0 saturated carbocycles. The molecule has 1 saturated heterocycles. The Morgan fingerprint density at radius 2 is 1.49 bits per heavy atom. The average molecular weight is 498 g/mol. The molecular weight excluding hydrogens is 476 g/mol. The lowest BCUT2D eigenvalue weighted by Gasteiger charge is -2.35. The second kappa shape index (κ2) is 10.2. The molecule has 0 aromatic heterocycles. The number of rotatable bonds is 4. The van der Waals surface area contributed by atoms with Crippen molar-refractivity contribution in [1.29, 1.82) is 0 Å². The van der Waals surface area contributed by atoms with E-state index in [0.29, 0.717) is 37.4 Å². The molecule has 6 nitrogen and oxygen atoms in total. The van der Waals surface area contributed by atoms with Crippen LogP contribution in [0.3, 0.4) is 0 Å². The van der Waals surface area contributed by atoms with Crippen molar-refractivity contribution >= 4 is 35.0 Å². The first-order valence-electron chi connectivity index (χ1n) is 10.9. The largest absolute Gasteiger partial charge is 0.335 e. The topological polar surface area (TPSA) is 69.7 Å². The third-order valence-corrected chi connectivity index (χ3v) is 6.18. The Labute approximate surface area is 206 Å². The number of hydrogen-bond donors (Lipinski definition) is 1. The van der Waals surface area contributed by atoms with Crippen LogP contribution in [0.4, 0.5) is 14.5 Å². The van der Waals surface area contributed by atoms with Crippen molar-refractivity contribution in [1.82, 2.24) is 9.80 Å². The van der Waals surface area contributed by atoms with Crippen molar-refractivity contribution in [3.63, 3.8) is 0 Å². The molecule has 1 N–H and O–H groups in total. The van der Waals surface area contributed by atoms with Crippen molar-refractivity contribution in [3.8, 4) is 0 Å². The normalized spacial score (nSPS) is 13.5. The van der Waals surface area contributed by atoms with Crippen LogP contribution in [0.1, 0.15) is 36.6 Å². The number of carbonyl (C=O) groups is 3. The summed E-state index contributed by atoms with van der Waals surface area (Å²) in [4.78, 5) is 41.5. The van der Waals surface area contributed by atoms with Crippen molar-refractivity contribution < 1.29 is 23.2 Å². The number of hydrogen-bond acceptors (Lipinski definition) is 3. The van der Waals surface area contributed by atoms with Crippen molar-refractivity contribution in [2.75, 3.05) is 31.5 Å². The van der Waals surface area contributed by atoms with E-state index in [-0.39, 0.29) is 28.0 Å². The number of nitrogens with one attached hydrogen (secondary N) is 1. The summed E-state index contributed by atoms with van der Waals surface area (Å²) < 4.78 is 27.2. The molecule has 3 aromatic rings. The van der Waals surface area contributed by atoms with E-state index in [0.717, 1.165) is 11.6 Å². The second-order valence-corrected chi connectivity index (χ2v) is 8.58. The molecule has 3 amide bonds. The summed E-state index contributed by atoms with van der Waals surface area (Å²) in [7, 11) is 0. The third kappa shape index (κ3) is 5.33. The van der Waals surface area contributed by atoms with Gasteiger partial charge in [0.15, 0.2) is 0 Å². The third-order valence-electron chi connectivity index (χ3n) is 5.87. The summed E-state index contributed by atoms with van der Waals surface area (Å²) in [5.74, 6) is -2.34. The van der Waals surface area contributed by atoms with Crippen molar-refractivity contribution in [2.24, 2.45) is 0 Å². The number of benzene rings is 3. The lowest BCUT2D eigenvalue weighted by molar-refractivity contribution is 0.0535. The Morgan fingerprint density at radius 1 is 0.829 bits per heavy atom. The molecule has 1 fully saturated rings. The van der Waals surface area contributed by atoms with E-state index < -0.39 is 17.5 Å². The minimum absolute atomic E-state index is 0.0399. The number of nitrogens with zero attached hydrogens (tertiary/aromatic N) is 2. The fourth-order valence-electron chi connectivity index (χ4n) is 3.85. The van der Waals surface area contributed by atoms with Crippen LogP contribution in [0.2, 0.25) is 5.02 Å². The number of amides is 3. The van der Waals surface area contributed by atoms with Gasteiger partial charge >= 0.3 is 0 Å². The van der Waals surface area contributed by atoms with Crippen LogP contribution in [0.5, 0.6) is 0 Å². The number of carbonyl (C=O) groups excluding carboxylic acids is 3. The molecule has 4 rings (SSSR count). The highest BCUT2D eigenvalue weighted by Gasteiger charge is 2.27. The van der Waals surface area contributed by atoms with Gasteiger partial charge in [-0.2, -0.15) is 0 Å². The van der Waals surface area contributed by atoms with E-state index in [1.165, 1.54) is 30.3 Å². The zero-order chi connectivity index (χ0) is 25.1. The number of anilines is 1. The highest BCUT2D eigenvalue weighted by Crippen LogP contribution is 2.22. The van der Waals surface area contributed by atoms with Crippen LogP contribution < -0.4 is 5.32 Å². The molecule has 0 bridgehead atoms. The zero-order valence-electron chi connectivity index (χ0n) is 18.9. The first-order chi connectivity index (χ1) is 16.7. The summed E-state index contributed by atoms with van der Waals surface area (Å²) in [5, 5.41) is 2.71. The summed E-state index contributed by atoms with van der Waals surface area (Å²) in [6.07, 6.45) is 0. The van der Waals surface area contributed by atoms with Gasteiger partial charge in [-0.25, -0.2) is 8.78 Å². The smallest absolute Gasteiger partial charge is 0.258 e. The van der Waals surface area contributed by atoms with Crippen LogP contribution in [-0.4, -0.2) is 53.7 Å². The zero-order valence-corrected chi connectivity index (χ0v) is 19.6. The number of halogens is 3. The SMILES string of the molecule is Cc1ccc(C(=O)N2CCN(C(=O)c3ccc(F)cc3Cl)CC2)cc1NC(=O)c1ccccc1F. The van der Waals surface area contributed by atoms with E-state index in [1.807, 2.05) is 0 Å². The quantitative estimate of drug-likeness (QED) is 0.564. The van der Waals surface area contributed by atoms with Gasteiger partial charge in [0, 0.05) is 37.4 Å². The Morgan fingerprint density at radius 3 is 2.14 bits per heavy atom. The molecule has 1 heterocycles. The molecule has 3 aromatic carbocycles. The molecule has 0 aliphatic carbocycles. The Bertz CT molecular complexity index is 1310. The fraction of sp³-hybridized carbons (Fsp3) is 0.192. The van der Waals surface area contributed by atoms with Crippen LogP contribution in [0.25, 0.3) is 0 Å². The molecule has 1 aliphatic heterocycles. The van der Waals surface area contributed by atoms with Gasteiger partial charge in [-0.05, 0) is 55.0 Å². The van der Waals surface area contributed by atoms with Crippen LogP contribution in [0, 0.1) is 18.6 Å². The Balaban J connectivity index is 1.42. The molecular formula is C26H22ClF2N3O3. The first kappa shape index (κ1) is 24.3. The molecule has 0 unspecified atom stereocenters. The monoisotopic (exact) mass is 497 g/mol. The van der Waals surface area contributed by atoms with Crippen LogP contribution >= 0.6 is 11.6 Å². The maximum Gasteiger partial charge on any atom is 0.258 e. The standard InChI is InChI=1S/C26H22ClF2N3O3/c1-16-6-7-17(14-23(16)30-24(33)20-4-2-3-5-22(20)29)25(34)31-10-12-32(13-11-31)26(35)19-9-8-18(28)15-21(19)27/h2-9,14-15H,10-13H2,1H3,(H,30,33). The van der Waals surface area contributed by atoms with E-state index in [4.69, 9.17) is 11.6 Å². The average Bonchev–Trinajstić information content (AvgIpc) is 2.85. The molecule has 0 spiro atoms. The molecule has 35 heavy (non-hydrogen) atoms. The number of aryl methyl sites for hydroxylation is 1. The van der Waals surface area contributed by atoms with Crippen molar-refractivity contribution in [2.45, 2.75) is 6.92 Å². The van der Waals surface area contributed by atoms with Gasteiger partial charge in [0.2, 0.25) is 0 Å². The predicted octanol–water partition coefficient (Wildman–Crippen LogP) is 4.78. The highest BCUT2D eigenvalue weighted by atomic mass is 35.5. The Kier molecular flexibility index (Phi) is 7.12. The fourth-order valence-corrected chi connectivity index (χ4v) is 4.10. The van der Waals surface area contributed by atoms with Gasteiger partial charge in [-0.15, -0.1) is 0 Å². The number of piperazine rings is 1. The highest BCUT2D eigenvalue weighted by molar-refractivity contribution is 6.33. The minimum Gasteiger partial charge on any atom is -0.335 e.